The molecule has 0 aliphatic carbocycles. The molecule has 17 heavy (non-hydrogen) atoms. The second-order valence-corrected chi connectivity index (χ2v) is 5.51. The van der Waals surface area contributed by atoms with Crippen molar-refractivity contribution in [1.82, 2.24) is 5.32 Å². The maximum atomic E-state index is 13.3. The molecule has 0 unspecified atom stereocenters. The summed E-state index contributed by atoms with van der Waals surface area (Å²) in [6.07, 6.45) is 0.853. The van der Waals surface area contributed by atoms with Crippen molar-refractivity contribution in [2.24, 2.45) is 0 Å². The number of nitrogens with one attached hydrogen (secondary N) is 1. The number of hydrogen-bond donors (Lipinski definition) is 1. The zero-order valence-corrected chi connectivity index (χ0v) is 10.1. The fraction of sp³-hybridized carbons (Fsp3) is 0.300. The van der Waals surface area contributed by atoms with Crippen molar-refractivity contribution in [2.45, 2.75) is 4.90 Å². The Morgan fingerprint density at radius 1 is 1.35 bits per heavy atom. The fourth-order valence-electron chi connectivity index (χ4n) is 1.24. The van der Waals surface area contributed by atoms with Gasteiger partial charge in [-0.05, 0) is 19.2 Å². The van der Waals surface area contributed by atoms with Gasteiger partial charge < -0.3 is 5.32 Å². The normalized spacial score (nSPS) is 11.5. The third-order valence-electron chi connectivity index (χ3n) is 2.07. The highest BCUT2D eigenvalue weighted by Crippen LogP contribution is 2.19. The van der Waals surface area contributed by atoms with E-state index in [2.05, 4.69) is 5.32 Å². The van der Waals surface area contributed by atoms with Gasteiger partial charge in [0.25, 0.3) is 0 Å². The van der Waals surface area contributed by atoms with Crippen LogP contribution in [0.1, 0.15) is 10.4 Å². The highest BCUT2D eigenvalue weighted by Gasteiger charge is 2.20. The third-order valence-corrected chi connectivity index (χ3v) is 3.16. The third kappa shape index (κ3) is 3.07. The van der Waals surface area contributed by atoms with Crippen LogP contribution in [0.15, 0.2) is 17.0 Å². The summed E-state index contributed by atoms with van der Waals surface area (Å²) in [5, 5.41) is 2.48. The molecule has 0 aliphatic rings. The minimum atomic E-state index is -3.69. The van der Waals surface area contributed by atoms with Gasteiger partial charge in [0.2, 0.25) is 0 Å². The van der Waals surface area contributed by atoms with Gasteiger partial charge in [0.05, 0.1) is 17.0 Å². The number of sulfone groups is 1. The van der Waals surface area contributed by atoms with E-state index in [-0.39, 0.29) is 6.54 Å². The van der Waals surface area contributed by atoms with Crippen LogP contribution in [-0.2, 0) is 9.84 Å². The van der Waals surface area contributed by atoms with Crippen molar-refractivity contribution >= 4 is 15.6 Å². The molecule has 0 saturated carbocycles. The SMILES string of the molecule is CNCC(=O)c1cc(S(C)(=O)=O)cc(F)c1F. The van der Waals surface area contributed by atoms with Gasteiger partial charge in [-0.25, -0.2) is 17.2 Å². The lowest BCUT2D eigenvalue weighted by atomic mass is 10.1. The van der Waals surface area contributed by atoms with Gasteiger partial charge >= 0.3 is 0 Å². The lowest BCUT2D eigenvalue weighted by Gasteiger charge is -2.06. The van der Waals surface area contributed by atoms with Crippen LogP contribution in [0.4, 0.5) is 8.78 Å². The van der Waals surface area contributed by atoms with Crippen molar-refractivity contribution in [3.05, 3.63) is 29.3 Å². The van der Waals surface area contributed by atoms with Gasteiger partial charge in [0.15, 0.2) is 27.3 Å². The van der Waals surface area contributed by atoms with Crippen LogP contribution >= 0.6 is 0 Å². The molecule has 94 valence electrons. The van der Waals surface area contributed by atoms with E-state index >= 15 is 0 Å². The highest BCUT2D eigenvalue weighted by molar-refractivity contribution is 7.90. The molecule has 0 radical (unpaired) electrons. The summed E-state index contributed by atoms with van der Waals surface area (Å²) in [6, 6.07) is 1.40. The Balaban J connectivity index is 3.40. The molecular formula is C10H11F2NO3S. The lowest BCUT2D eigenvalue weighted by molar-refractivity contribution is 0.0988. The standard InChI is InChI=1S/C10H11F2NO3S/c1-13-5-9(14)7-3-6(17(2,15)16)4-8(11)10(7)12/h3-4,13H,5H2,1-2H3. The van der Waals surface area contributed by atoms with E-state index in [4.69, 9.17) is 0 Å². The molecule has 0 aliphatic heterocycles. The predicted octanol–water partition coefficient (Wildman–Crippen LogP) is 0.770. The Morgan fingerprint density at radius 2 is 1.94 bits per heavy atom. The first kappa shape index (κ1) is 13.7. The van der Waals surface area contributed by atoms with Crippen molar-refractivity contribution in [2.75, 3.05) is 19.8 Å². The van der Waals surface area contributed by atoms with Gasteiger partial charge in [0, 0.05) is 6.26 Å². The van der Waals surface area contributed by atoms with E-state index in [1.165, 1.54) is 7.05 Å². The Hall–Kier alpha value is -1.34. The number of halogens is 2. The topological polar surface area (TPSA) is 63.2 Å². The van der Waals surface area contributed by atoms with Gasteiger partial charge in [0.1, 0.15) is 0 Å². The molecule has 0 spiro atoms. The monoisotopic (exact) mass is 263 g/mol. The molecular weight excluding hydrogens is 252 g/mol. The summed E-state index contributed by atoms with van der Waals surface area (Å²) in [5.74, 6) is -3.40. The van der Waals surface area contributed by atoms with E-state index in [0.717, 1.165) is 12.3 Å². The summed E-state index contributed by atoms with van der Waals surface area (Å²) in [4.78, 5) is 11.0. The first-order chi connectivity index (χ1) is 7.77. The summed E-state index contributed by atoms with van der Waals surface area (Å²) < 4.78 is 48.9. The largest absolute Gasteiger partial charge is 0.313 e. The molecule has 0 aromatic heterocycles. The van der Waals surface area contributed by atoms with Gasteiger partial charge in [-0.3, -0.25) is 4.79 Å². The number of rotatable bonds is 4. The molecule has 0 saturated heterocycles. The first-order valence-electron chi connectivity index (χ1n) is 4.64. The van der Waals surface area contributed by atoms with Crippen LogP contribution in [0.5, 0.6) is 0 Å². The summed E-state index contributed by atoms with van der Waals surface area (Å²) in [5.41, 5.74) is -0.570. The number of hydrogen-bond acceptors (Lipinski definition) is 4. The quantitative estimate of drug-likeness (QED) is 0.644. The van der Waals surface area contributed by atoms with E-state index in [1.807, 2.05) is 0 Å². The van der Waals surface area contributed by atoms with Crippen LogP contribution in [0.25, 0.3) is 0 Å². The summed E-state index contributed by atoms with van der Waals surface area (Å²) in [6.45, 7) is -0.205. The molecule has 1 aromatic rings. The Labute approximate surface area is 97.6 Å². The predicted molar refractivity (Wildman–Crippen MR) is 57.7 cm³/mol. The summed E-state index contributed by atoms with van der Waals surface area (Å²) in [7, 11) is -2.23. The average molecular weight is 263 g/mol. The van der Waals surface area contributed by atoms with E-state index in [0.29, 0.717) is 6.07 Å². The zero-order valence-electron chi connectivity index (χ0n) is 9.25. The molecule has 1 rings (SSSR count). The number of carbonyl (C=O) groups is 1. The second-order valence-electron chi connectivity index (χ2n) is 3.49. The Kier molecular flexibility index (Phi) is 3.94. The fourth-order valence-corrected chi connectivity index (χ4v) is 1.89. The molecule has 0 amide bonds. The van der Waals surface area contributed by atoms with Crippen molar-refractivity contribution in [3.8, 4) is 0 Å². The maximum absolute atomic E-state index is 13.3. The first-order valence-corrected chi connectivity index (χ1v) is 6.53. The number of Topliss-reactive ketones (excluding diaryl/α,β-unsaturated/α-hetero) is 1. The van der Waals surface area contributed by atoms with Crippen LogP contribution in [-0.4, -0.2) is 34.0 Å². The van der Waals surface area contributed by atoms with E-state index < -0.39 is 37.7 Å². The lowest BCUT2D eigenvalue weighted by Crippen LogP contribution is -2.20. The average Bonchev–Trinajstić information content (AvgIpc) is 2.20. The smallest absolute Gasteiger partial charge is 0.179 e. The van der Waals surface area contributed by atoms with Crippen molar-refractivity contribution < 1.29 is 22.0 Å². The summed E-state index contributed by atoms with van der Waals surface area (Å²) >= 11 is 0. The minimum Gasteiger partial charge on any atom is -0.313 e. The number of likely N-dealkylation sites (N-methyl/N-ethyl adjacent to an activating group) is 1. The van der Waals surface area contributed by atoms with Crippen LogP contribution in [0.3, 0.4) is 0 Å². The van der Waals surface area contributed by atoms with E-state index in [9.17, 15) is 22.0 Å². The number of benzene rings is 1. The molecule has 4 nitrogen and oxygen atoms in total. The van der Waals surface area contributed by atoms with Crippen molar-refractivity contribution in [1.29, 1.82) is 0 Å². The molecule has 1 N–H and O–H groups in total. The van der Waals surface area contributed by atoms with E-state index in [1.54, 1.807) is 0 Å². The molecule has 0 fully saturated rings. The maximum Gasteiger partial charge on any atom is 0.179 e. The van der Waals surface area contributed by atoms with Crippen molar-refractivity contribution in [3.63, 3.8) is 0 Å². The molecule has 0 bridgehead atoms. The van der Waals surface area contributed by atoms with Gasteiger partial charge in [-0.2, -0.15) is 0 Å². The number of ketones is 1. The molecule has 0 atom stereocenters. The van der Waals surface area contributed by atoms with Crippen LogP contribution in [0, 0.1) is 11.6 Å². The Bertz CT molecular complexity index is 555. The van der Waals surface area contributed by atoms with Gasteiger partial charge in [-0.15, -0.1) is 0 Å². The molecule has 1 aromatic carbocycles. The molecule has 0 heterocycles. The minimum absolute atomic E-state index is 0.205. The number of carbonyl (C=O) groups excluding carboxylic acids is 1. The zero-order chi connectivity index (χ0) is 13.2. The molecule has 7 heteroatoms. The van der Waals surface area contributed by atoms with Gasteiger partial charge in [-0.1, -0.05) is 0 Å². The van der Waals surface area contributed by atoms with Crippen LogP contribution in [0.2, 0.25) is 0 Å². The second kappa shape index (κ2) is 4.89. The van der Waals surface area contributed by atoms with Crippen LogP contribution < -0.4 is 5.32 Å². The highest BCUT2D eigenvalue weighted by atomic mass is 32.2. The Morgan fingerprint density at radius 3 is 2.41 bits per heavy atom.